The standard InChI is InChI=1S/C24H22Br2N2O5S.CH4/c1-32-24-19(25)11-16(12-20(24)26)13-22(29)27-10-9-17-3-2-4-21-23(17)28-34(30,31)18-7-5-15(6-8-18)14-33-21;/h2-8,11-12,28H,9-10,13-14H2,1H3,(H,27,29);1H4. The van der Waals surface area contributed by atoms with Gasteiger partial charge in [0.15, 0.2) is 0 Å². The van der Waals surface area contributed by atoms with Gasteiger partial charge in [0, 0.05) is 6.54 Å². The maximum Gasteiger partial charge on any atom is 0.262 e. The SMILES string of the molecule is C.COc1c(Br)cc(CC(=O)NCCc2cccc3c2NS(=O)(=O)c2ccc(cc2)CO3)cc1Br. The van der Waals surface area contributed by atoms with Crippen molar-refractivity contribution in [2.75, 3.05) is 18.4 Å². The number of carbonyl (C=O) groups excluding carboxylic acids is 1. The van der Waals surface area contributed by atoms with Gasteiger partial charge in [0.25, 0.3) is 10.0 Å². The summed E-state index contributed by atoms with van der Waals surface area (Å²) in [5, 5.41) is 2.90. The van der Waals surface area contributed by atoms with E-state index in [-0.39, 0.29) is 24.7 Å². The number of carbonyl (C=O) groups is 1. The zero-order valence-electron chi connectivity index (χ0n) is 18.2. The van der Waals surface area contributed by atoms with Crippen LogP contribution in [0.5, 0.6) is 11.5 Å². The Morgan fingerprint density at radius 2 is 1.80 bits per heavy atom. The van der Waals surface area contributed by atoms with E-state index in [9.17, 15) is 13.2 Å². The summed E-state index contributed by atoms with van der Waals surface area (Å²) >= 11 is 6.89. The van der Waals surface area contributed by atoms with Gasteiger partial charge >= 0.3 is 0 Å². The van der Waals surface area contributed by atoms with E-state index in [1.54, 1.807) is 37.4 Å². The van der Waals surface area contributed by atoms with Crippen molar-refractivity contribution in [3.63, 3.8) is 0 Å². The lowest BCUT2D eigenvalue weighted by molar-refractivity contribution is -0.120. The first-order valence-electron chi connectivity index (χ1n) is 10.4. The third kappa shape index (κ3) is 6.36. The quantitative estimate of drug-likeness (QED) is 0.380. The van der Waals surface area contributed by atoms with Crippen LogP contribution in [0.2, 0.25) is 0 Å². The van der Waals surface area contributed by atoms with Crippen LogP contribution in [0.4, 0.5) is 5.69 Å². The molecule has 2 bridgehead atoms. The lowest BCUT2D eigenvalue weighted by Gasteiger charge is -2.19. The predicted octanol–water partition coefficient (Wildman–Crippen LogP) is 5.45. The Bertz CT molecular complexity index is 1310. The summed E-state index contributed by atoms with van der Waals surface area (Å²) < 4.78 is 41.1. The van der Waals surface area contributed by atoms with E-state index in [1.165, 1.54) is 0 Å². The molecule has 7 nitrogen and oxygen atoms in total. The molecule has 186 valence electrons. The number of hydrogen-bond acceptors (Lipinski definition) is 5. The maximum absolute atomic E-state index is 12.9. The highest BCUT2D eigenvalue weighted by Gasteiger charge is 2.21. The summed E-state index contributed by atoms with van der Waals surface area (Å²) in [7, 11) is -2.20. The van der Waals surface area contributed by atoms with Crippen LogP contribution in [-0.4, -0.2) is 28.0 Å². The molecule has 2 aliphatic heterocycles. The second-order valence-corrected chi connectivity index (χ2v) is 11.1. The minimum atomic E-state index is -3.77. The van der Waals surface area contributed by atoms with Crippen LogP contribution < -0.4 is 19.5 Å². The first kappa shape index (κ1) is 27.0. The number of ether oxygens (including phenoxy) is 2. The maximum atomic E-state index is 12.9. The smallest absolute Gasteiger partial charge is 0.262 e. The van der Waals surface area contributed by atoms with Crippen molar-refractivity contribution in [1.82, 2.24) is 5.32 Å². The Morgan fingerprint density at radius 3 is 2.46 bits per heavy atom. The molecule has 0 atom stereocenters. The van der Waals surface area contributed by atoms with Crippen LogP contribution in [0.25, 0.3) is 0 Å². The van der Waals surface area contributed by atoms with Crippen LogP contribution in [0, 0.1) is 0 Å². The van der Waals surface area contributed by atoms with E-state index in [2.05, 4.69) is 41.9 Å². The zero-order valence-corrected chi connectivity index (χ0v) is 22.2. The summed E-state index contributed by atoms with van der Waals surface area (Å²) in [5.41, 5.74) is 2.82. The van der Waals surface area contributed by atoms with Crippen molar-refractivity contribution in [2.45, 2.75) is 31.8 Å². The second kappa shape index (κ2) is 11.5. The van der Waals surface area contributed by atoms with E-state index in [1.807, 2.05) is 24.3 Å². The van der Waals surface area contributed by atoms with Gasteiger partial charge < -0.3 is 14.8 Å². The number of fused-ring (bicyclic) bond motifs is 4. The molecule has 2 heterocycles. The van der Waals surface area contributed by atoms with Crippen LogP contribution >= 0.6 is 31.9 Å². The number of halogens is 2. The summed E-state index contributed by atoms with van der Waals surface area (Å²) in [6.07, 6.45) is 0.619. The fourth-order valence-electron chi connectivity index (χ4n) is 3.63. The van der Waals surface area contributed by atoms with Gasteiger partial charge in [-0.15, -0.1) is 0 Å². The average molecular weight is 626 g/mol. The van der Waals surface area contributed by atoms with E-state index < -0.39 is 10.0 Å². The predicted molar refractivity (Wildman–Crippen MR) is 144 cm³/mol. The molecule has 5 rings (SSSR count). The number of hydrogen-bond donors (Lipinski definition) is 2. The summed E-state index contributed by atoms with van der Waals surface area (Å²) in [6, 6.07) is 15.6. The Labute approximate surface area is 222 Å². The minimum Gasteiger partial charge on any atom is -0.494 e. The molecule has 0 saturated heterocycles. The molecule has 2 aliphatic rings. The van der Waals surface area contributed by atoms with Crippen LogP contribution in [0.15, 0.2) is 68.4 Å². The molecular formula is C25H26Br2N2O5S. The van der Waals surface area contributed by atoms with E-state index >= 15 is 0 Å². The molecule has 0 unspecified atom stereocenters. The fourth-order valence-corrected chi connectivity index (χ4v) is 6.35. The molecule has 0 radical (unpaired) electrons. The molecule has 10 heteroatoms. The Kier molecular flexibility index (Phi) is 8.84. The monoisotopic (exact) mass is 624 g/mol. The number of rotatable bonds is 6. The number of para-hydroxylation sites is 1. The summed E-state index contributed by atoms with van der Waals surface area (Å²) in [6.45, 7) is 0.658. The molecule has 0 aromatic heterocycles. The van der Waals surface area contributed by atoms with Crippen molar-refractivity contribution in [2.24, 2.45) is 0 Å². The van der Waals surface area contributed by atoms with Crippen molar-refractivity contribution in [3.8, 4) is 11.5 Å². The highest BCUT2D eigenvalue weighted by molar-refractivity contribution is 9.11. The number of anilines is 1. The van der Waals surface area contributed by atoms with Crippen molar-refractivity contribution in [3.05, 3.63) is 80.2 Å². The minimum absolute atomic E-state index is 0. The number of nitrogens with one attached hydrogen (secondary N) is 2. The average Bonchev–Trinajstić information content (AvgIpc) is 2.79. The Morgan fingerprint density at radius 1 is 1.11 bits per heavy atom. The number of methoxy groups -OCH3 is 1. The molecule has 2 N–H and O–H groups in total. The molecule has 3 aromatic rings. The van der Waals surface area contributed by atoms with Crippen LogP contribution in [-0.2, 0) is 34.3 Å². The molecule has 0 fully saturated rings. The number of sulfonamides is 1. The fraction of sp³-hybridized carbons (Fsp3) is 0.240. The normalized spacial score (nSPS) is 13.5. The first-order valence-corrected chi connectivity index (χ1v) is 13.5. The van der Waals surface area contributed by atoms with Crippen molar-refractivity contribution >= 4 is 53.5 Å². The van der Waals surface area contributed by atoms with E-state index in [0.29, 0.717) is 36.8 Å². The molecule has 35 heavy (non-hydrogen) atoms. The number of amides is 1. The lowest BCUT2D eigenvalue weighted by Crippen LogP contribution is -2.27. The number of benzene rings is 3. The van der Waals surface area contributed by atoms with Gasteiger partial charge in [-0.25, -0.2) is 8.42 Å². The summed E-state index contributed by atoms with van der Waals surface area (Å²) in [4.78, 5) is 12.7. The molecule has 0 aliphatic carbocycles. The zero-order chi connectivity index (χ0) is 24.3. The van der Waals surface area contributed by atoms with Gasteiger partial charge in [0.1, 0.15) is 18.1 Å². The topological polar surface area (TPSA) is 93.7 Å². The Hall–Kier alpha value is -2.56. The highest BCUT2D eigenvalue weighted by atomic mass is 79.9. The molecule has 0 spiro atoms. The molecule has 1 amide bonds. The van der Waals surface area contributed by atoms with Crippen molar-refractivity contribution in [1.29, 1.82) is 0 Å². The lowest BCUT2D eigenvalue weighted by atomic mass is 10.1. The van der Waals surface area contributed by atoms with Gasteiger partial charge in [-0.1, -0.05) is 31.7 Å². The molecule has 0 saturated carbocycles. The highest BCUT2D eigenvalue weighted by Crippen LogP contribution is 2.35. The van der Waals surface area contributed by atoms with Gasteiger partial charge in [-0.2, -0.15) is 0 Å². The van der Waals surface area contributed by atoms with E-state index in [0.717, 1.165) is 25.6 Å². The van der Waals surface area contributed by atoms with Gasteiger partial charge in [0.05, 0.1) is 33.1 Å². The summed E-state index contributed by atoms with van der Waals surface area (Å²) in [5.74, 6) is 0.965. The molecule has 3 aromatic carbocycles. The van der Waals surface area contributed by atoms with Crippen LogP contribution in [0.1, 0.15) is 24.1 Å². The largest absolute Gasteiger partial charge is 0.494 e. The van der Waals surface area contributed by atoms with Crippen molar-refractivity contribution < 1.29 is 22.7 Å². The Balaban J connectivity index is 0.00000342. The second-order valence-electron chi connectivity index (χ2n) is 7.70. The van der Waals surface area contributed by atoms with Gasteiger partial charge in [0.2, 0.25) is 5.91 Å². The third-order valence-electron chi connectivity index (χ3n) is 5.32. The third-order valence-corrected chi connectivity index (χ3v) is 7.86. The first-order chi connectivity index (χ1) is 16.3. The molecular weight excluding hydrogens is 600 g/mol. The van der Waals surface area contributed by atoms with E-state index in [4.69, 9.17) is 9.47 Å². The van der Waals surface area contributed by atoms with Gasteiger partial charge in [-0.3, -0.25) is 9.52 Å². The van der Waals surface area contributed by atoms with Gasteiger partial charge in [-0.05, 0) is 85.3 Å². The van der Waals surface area contributed by atoms with Crippen LogP contribution in [0.3, 0.4) is 0 Å².